The summed E-state index contributed by atoms with van der Waals surface area (Å²) in [6.07, 6.45) is 1.07. The first-order valence-corrected chi connectivity index (χ1v) is 13.9. The standard InChI is InChI=1S/C26H25N3O10S2/c1-15(30)28(21-5-4-10-40-21)22-23(33)27-13-26(14-39-17(3)32,20(41-24(22)27)12-37-16(2)31)25(34)38-11-18-6-8-19(9-7-18)29(35)36/h4-10,12,22,24H,11,13-14H2,1-3H3/t22?,24-,26?/m1/s1. The monoisotopic (exact) mass is 603 g/mol. The Morgan fingerprint density at radius 2 is 1.83 bits per heavy atom. The molecule has 0 radical (unpaired) electrons. The number of benzene rings is 1. The Balaban J connectivity index is 1.66. The summed E-state index contributed by atoms with van der Waals surface area (Å²) in [7, 11) is 0. The summed E-state index contributed by atoms with van der Waals surface area (Å²) in [5, 5.41) is 12.6. The second-order valence-electron chi connectivity index (χ2n) is 9.21. The number of non-ortho nitro benzene ring substituents is 1. The number of ether oxygens (including phenoxy) is 3. The molecule has 2 amide bonds. The van der Waals surface area contributed by atoms with Gasteiger partial charge in [0.1, 0.15) is 30.9 Å². The van der Waals surface area contributed by atoms with Gasteiger partial charge in [-0.1, -0.05) is 11.8 Å². The molecule has 2 fully saturated rings. The summed E-state index contributed by atoms with van der Waals surface area (Å²) in [6, 6.07) is 7.95. The SMILES string of the molecule is CC(=O)OC=C1S[C@@H]2C(N(C(C)=O)c3cccs3)C(=O)N2CC1(COC(C)=O)C(=O)OCc1ccc([N+](=O)[O-])cc1. The molecule has 216 valence electrons. The van der Waals surface area contributed by atoms with Crippen molar-refractivity contribution in [2.45, 2.75) is 38.8 Å². The third-order valence-electron chi connectivity index (χ3n) is 6.40. The van der Waals surface area contributed by atoms with E-state index >= 15 is 0 Å². The Hall–Kier alpha value is -4.24. The lowest BCUT2D eigenvalue weighted by atomic mass is 9.85. The van der Waals surface area contributed by atoms with Gasteiger partial charge >= 0.3 is 17.9 Å². The minimum absolute atomic E-state index is 0.138. The van der Waals surface area contributed by atoms with E-state index in [1.54, 1.807) is 17.5 Å². The Bertz CT molecular complexity index is 1410. The van der Waals surface area contributed by atoms with Crippen LogP contribution in [0.1, 0.15) is 26.3 Å². The van der Waals surface area contributed by atoms with Crippen LogP contribution in [0, 0.1) is 15.5 Å². The van der Waals surface area contributed by atoms with Gasteiger partial charge in [-0.2, -0.15) is 0 Å². The van der Waals surface area contributed by atoms with Gasteiger partial charge in [-0.3, -0.25) is 39.0 Å². The molecule has 0 aliphatic carbocycles. The maximum atomic E-state index is 13.7. The molecule has 1 aromatic carbocycles. The number of amides is 2. The lowest BCUT2D eigenvalue weighted by Gasteiger charge is -2.56. The number of esters is 3. The number of thioether (sulfide) groups is 1. The van der Waals surface area contributed by atoms with E-state index in [-0.39, 0.29) is 29.7 Å². The van der Waals surface area contributed by atoms with Crippen LogP contribution in [0.15, 0.2) is 52.9 Å². The van der Waals surface area contributed by atoms with Crippen LogP contribution in [0.25, 0.3) is 0 Å². The van der Waals surface area contributed by atoms with Crippen molar-refractivity contribution >= 4 is 63.5 Å². The van der Waals surface area contributed by atoms with Gasteiger partial charge in [0.25, 0.3) is 5.69 Å². The molecule has 2 aliphatic heterocycles. The second-order valence-corrected chi connectivity index (χ2v) is 11.3. The fourth-order valence-corrected chi connectivity index (χ4v) is 6.67. The summed E-state index contributed by atoms with van der Waals surface area (Å²) in [5.74, 6) is -3.02. The van der Waals surface area contributed by atoms with Gasteiger partial charge in [-0.15, -0.1) is 11.3 Å². The maximum absolute atomic E-state index is 13.7. The summed E-state index contributed by atoms with van der Waals surface area (Å²) in [5.41, 5.74) is -1.44. The number of hydrogen-bond acceptors (Lipinski definition) is 12. The minimum atomic E-state index is -1.76. The van der Waals surface area contributed by atoms with Crippen molar-refractivity contribution in [3.05, 3.63) is 68.6 Å². The van der Waals surface area contributed by atoms with E-state index in [1.807, 2.05) is 0 Å². The van der Waals surface area contributed by atoms with Gasteiger partial charge in [0.15, 0.2) is 5.41 Å². The van der Waals surface area contributed by atoms with E-state index in [0.29, 0.717) is 10.6 Å². The average Bonchev–Trinajstić information content (AvgIpc) is 3.46. The van der Waals surface area contributed by atoms with Crippen LogP contribution in [0.3, 0.4) is 0 Å². The molecule has 1 aromatic heterocycles. The Morgan fingerprint density at radius 1 is 1.12 bits per heavy atom. The van der Waals surface area contributed by atoms with Crippen LogP contribution in [0.4, 0.5) is 10.7 Å². The molecule has 0 N–H and O–H groups in total. The van der Waals surface area contributed by atoms with Crippen molar-refractivity contribution in [2.75, 3.05) is 18.1 Å². The summed E-state index contributed by atoms with van der Waals surface area (Å²) < 4.78 is 15.9. The van der Waals surface area contributed by atoms with Crippen molar-refractivity contribution < 1.29 is 43.1 Å². The molecule has 2 saturated heterocycles. The quantitative estimate of drug-likeness (QED) is 0.103. The second kappa shape index (κ2) is 12.1. The molecule has 13 nitrogen and oxygen atoms in total. The number of β-lactam (4-membered cyclic amide) rings is 1. The van der Waals surface area contributed by atoms with Crippen molar-refractivity contribution in [2.24, 2.45) is 5.41 Å². The highest BCUT2D eigenvalue weighted by Crippen LogP contribution is 2.52. The number of anilines is 1. The van der Waals surface area contributed by atoms with Crippen LogP contribution in [-0.4, -0.2) is 64.1 Å². The lowest BCUT2D eigenvalue weighted by molar-refractivity contribution is -0.384. The molecule has 2 aliphatic rings. The van der Waals surface area contributed by atoms with Gasteiger partial charge in [-0.25, -0.2) is 0 Å². The molecule has 0 bridgehead atoms. The molecule has 0 spiro atoms. The minimum Gasteiger partial charge on any atom is -0.464 e. The van der Waals surface area contributed by atoms with Crippen molar-refractivity contribution in [3.63, 3.8) is 0 Å². The summed E-state index contributed by atoms with van der Waals surface area (Å²) in [6.45, 7) is 2.59. The number of carbonyl (C=O) groups excluding carboxylic acids is 5. The average molecular weight is 604 g/mol. The molecular formula is C26H25N3O10S2. The highest BCUT2D eigenvalue weighted by Gasteiger charge is 2.62. The molecule has 41 heavy (non-hydrogen) atoms. The van der Waals surface area contributed by atoms with Gasteiger partial charge < -0.3 is 19.1 Å². The molecule has 0 saturated carbocycles. The molecule has 3 heterocycles. The van der Waals surface area contributed by atoms with Crippen molar-refractivity contribution in [1.29, 1.82) is 0 Å². The zero-order valence-electron chi connectivity index (χ0n) is 22.1. The first-order chi connectivity index (χ1) is 19.4. The van der Waals surface area contributed by atoms with Crippen LogP contribution < -0.4 is 4.90 Å². The number of thiophene rings is 1. The van der Waals surface area contributed by atoms with Crippen LogP contribution in [0.5, 0.6) is 0 Å². The first-order valence-electron chi connectivity index (χ1n) is 12.2. The Kier molecular flexibility index (Phi) is 8.77. The molecule has 2 unspecified atom stereocenters. The van der Waals surface area contributed by atoms with E-state index in [1.165, 1.54) is 59.2 Å². The van der Waals surface area contributed by atoms with Gasteiger partial charge in [0.05, 0.1) is 9.92 Å². The summed E-state index contributed by atoms with van der Waals surface area (Å²) in [4.78, 5) is 76.5. The maximum Gasteiger partial charge on any atom is 0.322 e. The number of nitro groups is 1. The van der Waals surface area contributed by atoms with Gasteiger partial charge in [0.2, 0.25) is 11.8 Å². The molecule has 4 rings (SSSR count). The number of rotatable bonds is 9. The number of nitrogens with zero attached hydrogens (tertiary/aromatic N) is 3. The van der Waals surface area contributed by atoms with Crippen molar-refractivity contribution in [1.82, 2.24) is 4.90 Å². The van der Waals surface area contributed by atoms with Gasteiger partial charge in [-0.05, 0) is 35.2 Å². The number of carbonyl (C=O) groups is 5. The van der Waals surface area contributed by atoms with E-state index in [2.05, 4.69) is 0 Å². The number of nitro benzene ring substituents is 1. The van der Waals surface area contributed by atoms with E-state index in [4.69, 9.17) is 14.2 Å². The third kappa shape index (κ3) is 6.10. The molecule has 3 atom stereocenters. The number of hydrogen-bond donors (Lipinski definition) is 0. The Morgan fingerprint density at radius 3 is 2.39 bits per heavy atom. The molecule has 15 heteroatoms. The molecule has 2 aromatic rings. The van der Waals surface area contributed by atoms with Crippen LogP contribution in [0.2, 0.25) is 0 Å². The fourth-order valence-electron chi connectivity index (χ4n) is 4.39. The smallest absolute Gasteiger partial charge is 0.322 e. The largest absolute Gasteiger partial charge is 0.464 e. The lowest BCUT2D eigenvalue weighted by Crippen LogP contribution is -2.74. The molecular weight excluding hydrogens is 578 g/mol. The zero-order chi connectivity index (χ0) is 29.9. The number of fused-ring (bicyclic) bond motifs is 1. The Labute approximate surface area is 242 Å². The van der Waals surface area contributed by atoms with Crippen LogP contribution >= 0.6 is 23.1 Å². The van der Waals surface area contributed by atoms with Crippen LogP contribution in [-0.2, 0) is 44.8 Å². The van der Waals surface area contributed by atoms with E-state index < -0.39 is 52.2 Å². The van der Waals surface area contributed by atoms with E-state index in [9.17, 15) is 34.1 Å². The van der Waals surface area contributed by atoms with Crippen molar-refractivity contribution in [3.8, 4) is 0 Å². The normalized spacial score (nSPS) is 22.3. The highest BCUT2D eigenvalue weighted by molar-refractivity contribution is 8.04. The predicted octanol–water partition coefficient (Wildman–Crippen LogP) is 2.99. The third-order valence-corrected chi connectivity index (χ3v) is 8.76. The summed E-state index contributed by atoms with van der Waals surface area (Å²) >= 11 is 2.31. The first kappa shape index (κ1) is 29.7. The van der Waals surface area contributed by atoms with E-state index in [0.717, 1.165) is 24.9 Å². The van der Waals surface area contributed by atoms with Gasteiger partial charge in [0, 0.05) is 44.4 Å². The predicted molar refractivity (Wildman–Crippen MR) is 146 cm³/mol. The zero-order valence-corrected chi connectivity index (χ0v) is 23.8. The highest BCUT2D eigenvalue weighted by atomic mass is 32.2. The topological polar surface area (TPSA) is 163 Å². The fraction of sp³-hybridized carbons (Fsp3) is 0.346.